The summed E-state index contributed by atoms with van der Waals surface area (Å²) >= 11 is 0. The van der Waals surface area contributed by atoms with Crippen LogP contribution in [-0.2, 0) is 10.9 Å². The van der Waals surface area contributed by atoms with E-state index in [9.17, 15) is 57.5 Å². The van der Waals surface area contributed by atoms with Crippen molar-refractivity contribution < 1.29 is 103 Å². The van der Waals surface area contributed by atoms with Crippen LogP contribution >= 0.6 is 0 Å². The first-order valence-electron chi connectivity index (χ1n) is 16.2. The first kappa shape index (κ1) is 48.4. The summed E-state index contributed by atoms with van der Waals surface area (Å²) in [6.07, 6.45) is -7.22. The van der Waals surface area contributed by atoms with Crippen molar-refractivity contribution >= 4 is 44.7 Å². The highest BCUT2D eigenvalue weighted by Crippen LogP contribution is 2.30. The number of aliphatic hydroxyl groups is 2. The fourth-order valence-electron chi connectivity index (χ4n) is 6.27. The molecule has 5 aromatic rings. The van der Waals surface area contributed by atoms with Crippen LogP contribution in [0.15, 0.2) is 30.3 Å². The minimum absolute atomic E-state index is 0.0746. The Balaban J connectivity index is 0.000000430. The molecule has 328 valence electrons. The van der Waals surface area contributed by atoms with Crippen molar-refractivity contribution in [2.24, 2.45) is 0 Å². The Kier molecular flexibility index (Phi) is 14.9. The lowest BCUT2D eigenvalue weighted by Gasteiger charge is -2.44. The summed E-state index contributed by atoms with van der Waals surface area (Å²) in [5, 5.41) is 17.7. The maximum atomic E-state index is 15.4. The number of aliphatic hydroxyl groups excluding tert-OH is 2. The minimum atomic E-state index is -7.22. The molecule has 0 unspecified atom stereocenters. The number of Topliss-reactive ketones (excluding diaryl/α,β-unsaturated/α-hetero) is 1. The topological polar surface area (TPSA) is 57.5 Å². The quantitative estimate of drug-likeness (QED) is 0.0408. The van der Waals surface area contributed by atoms with E-state index in [1.165, 1.54) is 0 Å². The fourth-order valence-corrected chi connectivity index (χ4v) is 7.82. The van der Waals surface area contributed by atoms with Crippen molar-refractivity contribution in [3.63, 3.8) is 0 Å². The number of hydrogen-bond acceptors (Lipinski definition) is 3. The SMILES string of the molecule is Fc1c(F)c(F)c([B-](c2c(F)c(F)c(F)c(F)c2F)(c2c(F)c(F)c(F)c(F)c2F)c2c(F)c(F)c(F)c(F)c2F)c(F)c1F.O=C(C[S+](CCO)CCO)c1ccccc1. The predicted molar refractivity (Wildman–Crippen MR) is 176 cm³/mol. The third-order valence-electron chi connectivity index (χ3n) is 8.90. The Hall–Kier alpha value is -5.30. The van der Waals surface area contributed by atoms with Gasteiger partial charge in [0.25, 0.3) is 0 Å². The van der Waals surface area contributed by atoms with Crippen LogP contribution in [0.5, 0.6) is 0 Å². The molecule has 0 saturated carbocycles. The normalized spacial score (nSPS) is 11.7. The molecular formula is C36H17BF20O3S. The number of carbonyl (C=O) groups is 1. The maximum Gasteiger partial charge on any atom is 0.211 e. The molecule has 0 aliphatic heterocycles. The zero-order valence-corrected chi connectivity index (χ0v) is 30.1. The molecule has 0 radical (unpaired) electrons. The van der Waals surface area contributed by atoms with Gasteiger partial charge in [-0.25, -0.2) is 87.8 Å². The summed E-state index contributed by atoms with van der Waals surface area (Å²) in [6, 6.07) is 9.13. The van der Waals surface area contributed by atoms with Gasteiger partial charge in [0, 0.05) is 16.5 Å². The number of halogens is 20. The van der Waals surface area contributed by atoms with Gasteiger partial charge >= 0.3 is 0 Å². The lowest BCUT2D eigenvalue weighted by Crippen LogP contribution is -2.81. The van der Waals surface area contributed by atoms with Crippen LogP contribution in [0.2, 0.25) is 0 Å². The highest BCUT2D eigenvalue weighted by molar-refractivity contribution is 7.97. The number of benzene rings is 5. The van der Waals surface area contributed by atoms with Crippen molar-refractivity contribution in [2.45, 2.75) is 0 Å². The van der Waals surface area contributed by atoms with E-state index in [1.807, 2.05) is 18.2 Å². The van der Waals surface area contributed by atoms with E-state index in [1.54, 1.807) is 12.1 Å². The standard InChI is InChI=1S/C24BF20.C12H17O3S/c26-5-1(6(27)14(35)21(42)13(5)34)25(2-7(28)15(36)22(43)16(37)8(2)29,3-9(30)17(38)23(44)18(39)10(3)31)4-11(32)19(40)24(45)20(41)12(4)33;13-6-8-16(9-7-14)10-12(15)11-4-2-1-3-5-11/h;1-5,13-14H,6-10H2/q-1;+1. The Morgan fingerprint density at radius 1 is 0.377 bits per heavy atom. The van der Waals surface area contributed by atoms with Crippen molar-refractivity contribution in [2.75, 3.05) is 30.5 Å². The van der Waals surface area contributed by atoms with E-state index in [0.29, 0.717) is 22.8 Å². The molecule has 0 spiro atoms. The van der Waals surface area contributed by atoms with Gasteiger partial charge in [0.1, 0.15) is 64.2 Å². The second kappa shape index (κ2) is 18.8. The summed E-state index contributed by atoms with van der Waals surface area (Å²) in [5.74, 6) is -69.7. The monoisotopic (exact) mass is 920 g/mol. The minimum Gasteiger partial charge on any atom is -0.391 e. The number of ketones is 1. The molecule has 0 amide bonds. The van der Waals surface area contributed by atoms with Crippen molar-refractivity contribution in [3.05, 3.63) is 152 Å². The smallest absolute Gasteiger partial charge is 0.211 e. The Morgan fingerprint density at radius 2 is 0.590 bits per heavy atom. The van der Waals surface area contributed by atoms with Crippen LogP contribution in [-0.4, -0.2) is 52.6 Å². The summed E-state index contributed by atoms with van der Waals surface area (Å²) in [7, 11) is -0.205. The second-order valence-electron chi connectivity index (χ2n) is 12.2. The van der Waals surface area contributed by atoms with Crippen LogP contribution in [0.4, 0.5) is 87.8 Å². The van der Waals surface area contributed by atoms with Crippen LogP contribution < -0.4 is 21.9 Å². The molecule has 0 saturated heterocycles. The number of carbonyl (C=O) groups excluding carboxylic acids is 1. The lowest BCUT2D eigenvalue weighted by atomic mass is 9.12. The van der Waals surface area contributed by atoms with Gasteiger partial charge in [0.05, 0.1) is 13.2 Å². The Labute approximate surface area is 330 Å². The molecule has 0 heterocycles. The van der Waals surface area contributed by atoms with E-state index in [0.717, 1.165) is 0 Å². The first-order valence-corrected chi connectivity index (χ1v) is 17.9. The van der Waals surface area contributed by atoms with E-state index in [2.05, 4.69) is 0 Å². The molecule has 0 aliphatic carbocycles. The highest BCUT2D eigenvalue weighted by Gasteiger charge is 2.52. The Morgan fingerprint density at radius 3 is 0.803 bits per heavy atom. The van der Waals surface area contributed by atoms with E-state index in [4.69, 9.17) is 10.2 Å². The summed E-state index contributed by atoms with van der Waals surface area (Å²) in [5.41, 5.74) is -13.6. The zero-order valence-electron chi connectivity index (χ0n) is 29.3. The van der Waals surface area contributed by atoms with E-state index < -0.39 is 144 Å². The third-order valence-corrected chi connectivity index (χ3v) is 11.1. The number of hydrogen-bond donors (Lipinski definition) is 2. The maximum absolute atomic E-state index is 15.4. The largest absolute Gasteiger partial charge is 0.391 e. The number of rotatable bonds is 11. The van der Waals surface area contributed by atoms with Gasteiger partial charge < -0.3 is 10.2 Å². The molecule has 0 aliphatic rings. The lowest BCUT2D eigenvalue weighted by molar-refractivity contribution is 0.102. The highest BCUT2D eigenvalue weighted by atomic mass is 32.2. The molecule has 25 heteroatoms. The molecule has 0 aromatic heterocycles. The van der Waals surface area contributed by atoms with Crippen LogP contribution in [0, 0.1) is 116 Å². The van der Waals surface area contributed by atoms with Crippen LogP contribution in [0.25, 0.3) is 0 Å². The van der Waals surface area contributed by atoms with Crippen LogP contribution in [0.1, 0.15) is 10.4 Å². The zero-order chi connectivity index (χ0) is 46.2. The van der Waals surface area contributed by atoms with Crippen molar-refractivity contribution in [3.8, 4) is 0 Å². The Bertz CT molecular complexity index is 2140. The molecule has 61 heavy (non-hydrogen) atoms. The van der Waals surface area contributed by atoms with E-state index >= 15 is 35.1 Å². The molecule has 0 bridgehead atoms. The van der Waals surface area contributed by atoms with Gasteiger partial charge in [0.2, 0.25) is 5.78 Å². The van der Waals surface area contributed by atoms with Gasteiger partial charge in [0.15, 0.2) is 75.6 Å². The molecule has 0 fully saturated rings. The molecule has 5 aromatic carbocycles. The first-order chi connectivity index (χ1) is 28.5. The van der Waals surface area contributed by atoms with Gasteiger partial charge in [-0.3, -0.25) is 4.79 Å². The second-order valence-corrected chi connectivity index (χ2v) is 14.5. The van der Waals surface area contributed by atoms with Gasteiger partial charge in [-0.15, -0.1) is 21.9 Å². The fraction of sp³-hybridized carbons (Fsp3) is 0.139. The van der Waals surface area contributed by atoms with Gasteiger partial charge in [-0.2, -0.15) is 0 Å². The van der Waals surface area contributed by atoms with Crippen molar-refractivity contribution in [1.29, 1.82) is 0 Å². The molecule has 2 N–H and O–H groups in total. The van der Waals surface area contributed by atoms with E-state index in [-0.39, 0.29) is 29.9 Å². The molecule has 3 nitrogen and oxygen atoms in total. The van der Waals surface area contributed by atoms with Crippen LogP contribution in [0.3, 0.4) is 0 Å². The average molecular weight is 920 g/mol. The molecule has 5 rings (SSSR count). The summed E-state index contributed by atoms with van der Waals surface area (Å²) in [6.45, 7) is 0.149. The van der Waals surface area contributed by atoms with Crippen molar-refractivity contribution in [1.82, 2.24) is 0 Å². The molecule has 0 atom stereocenters. The summed E-state index contributed by atoms with van der Waals surface area (Å²) < 4.78 is 294. The average Bonchev–Trinajstić information content (AvgIpc) is 3.24. The third kappa shape index (κ3) is 8.13. The van der Waals surface area contributed by atoms with Gasteiger partial charge in [-0.05, 0) is 0 Å². The predicted octanol–water partition coefficient (Wildman–Crippen LogP) is 6.32. The summed E-state index contributed by atoms with van der Waals surface area (Å²) in [4.78, 5) is 11.8. The van der Waals surface area contributed by atoms with Gasteiger partial charge in [-0.1, -0.05) is 30.3 Å². The molecular weight excluding hydrogens is 903 g/mol.